The topological polar surface area (TPSA) is 36.4 Å². The summed E-state index contributed by atoms with van der Waals surface area (Å²) in [5.74, 6) is 0. The van der Waals surface area contributed by atoms with Crippen molar-refractivity contribution in [3.05, 3.63) is 29.6 Å². The molecule has 1 fully saturated rings. The minimum atomic E-state index is -0.563. The number of likely N-dealkylation sites (tertiary alicyclic amines) is 1. The van der Waals surface area contributed by atoms with Gasteiger partial charge < -0.3 is 10.0 Å². The standard InChI is InChI=1S/C16H26N2O/c1-4-14-5-6-15(17-12-14)11-16(19)7-9-18(10-8-16)13(2)3/h5-6,12-13,19H,4,7-11H2,1-3H3. The average Bonchev–Trinajstić information content (AvgIpc) is 2.40. The molecule has 19 heavy (non-hydrogen) atoms. The number of hydrogen-bond acceptors (Lipinski definition) is 3. The number of rotatable bonds is 4. The molecule has 1 aliphatic rings. The van der Waals surface area contributed by atoms with Crippen molar-refractivity contribution in [2.24, 2.45) is 0 Å². The predicted octanol–water partition coefficient (Wildman–Crippen LogP) is 2.42. The van der Waals surface area contributed by atoms with Crippen LogP contribution >= 0.6 is 0 Å². The number of piperidine rings is 1. The zero-order valence-electron chi connectivity index (χ0n) is 12.4. The van der Waals surface area contributed by atoms with Crippen LogP contribution in [0.5, 0.6) is 0 Å². The Balaban J connectivity index is 1.94. The van der Waals surface area contributed by atoms with Crippen LogP contribution in [0.15, 0.2) is 18.3 Å². The monoisotopic (exact) mass is 262 g/mol. The molecule has 0 spiro atoms. The van der Waals surface area contributed by atoms with E-state index in [1.165, 1.54) is 5.56 Å². The van der Waals surface area contributed by atoms with Gasteiger partial charge in [0, 0.05) is 37.4 Å². The van der Waals surface area contributed by atoms with Crippen LogP contribution in [0.4, 0.5) is 0 Å². The molecule has 1 N–H and O–H groups in total. The first-order chi connectivity index (χ1) is 9.02. The molecule has 0 radical (unpaired) electrons. The third-order valence-electron chi connectivity index (χ3n) is 4.26. The van der Waals surface area contributed by atoms with E-state index in [4.69, 9.17) is 0 Å². The Kier molecular flexibility index (Phi) is 4.58. The molecule has 0 aromatic carbocycles. The molecule has 1 saturated heterocycles. The second kappa shape index (κ2) is 6.02. The molecule has 0 bridgehead atoms. The third-order valence-corrected chi connectivity index (χ3v) is 4.26. The number of pyridine rings is 1. The molecule has 0 amide bonds. The Morgan fingerprint density at radius 2 is 2.00 bits per heavy atom. The predicted molar refractivity (Wildman–Crippen MR) is 78.2 cm³/mol. The summed E-state index contributed by atoms with van der Waals surface area (Å²) in [6.07, 6.45) is 5.33. The highest BCUT2D eigenvalue weighted by Crippen LogP contribution is 2.26. The van der Waals surface area contributed by atoms with Gasteiger partial charge in [-0.25, -0.2) is 0 Å². The third kappa shape index (κ3) is 3.77. The van der Waals surface area contributed by atoms with Crippen LogP contribution in [0.2, 0.25) is 0 Å². The van der Waals surface area contributed by atoms with Crippen molar-refractivity contribution >= 4 is 0 Å². The van der Waals surface area contributed by atoms with Crippen LogP contribution in [0.1, 0.15) is 44.9 Å². The lowest BCUT2D eigenvalue weighted by molar-refractivity contribution is -0.0277. The van der Waals surface area contributed by atoms with E-state index in [1.807, 2.05) is 6.20 Å². The first-order valence-corrected chi connectivity index (χ1v) is 7.42. The molecule has 3 nitrogen and oxygen atoms in total. The molecule has 0 saturated carbocycles. The fourth-order valence-electron chi connectivity index (χ4n) is 2.74. The van der Waals surface area contributed by atoms with Crippen molar-refractivity contribution in [2.45, 2.75) is 58.1 Å². The Morgan fingerprint density at radius 3 is 2.47 bits per heavy atom. The molecule has 1 aromatic heterocycles. The highest BCUT2D eigenvalue weighted by atomic mass is 16.3. The summed E-state index contributed by atoms with van der Waals surface area (Å²) in [6.45, 7) is 8.54. The molecular formula is C16H26N2O. The van der Waals surface area contributed by atoms with Gasteiger partial charge in [0.1, 0.15) is 0 Å². The summed E-state index contributed by atoms with van der Waals surface area (Å²) >= 11 is 0. The van der Waals surface area contributed by atoms with Crippen LogP contribution in [0.3, 0.4) is 0 Å². The van der Waals surface area contributed by atoms with E-state index in [0.717, 1.165) is 38.0 Å². The Bertz CT molecular complexity index is 392. The SMILES string of the molecule is CCc1ccc(CC2(O)CCN(C(C)C)CC2)nc1. The highest BCUT2D eigenvalue weighted by Gasteiger charge is 2.33. The lowest BCUT2D eigenvalue weighted by Gasteiger charge is -2.40. The molecule has 3 heteroatoms. The Morgan fingerprint density at radius 1 is 1.32 bits per heavy atom. The van der Waals surface area contributed by atoms with Gasteiger partial charge in [-0.3, -0.25) is 4.98 Å². The summed E-state index contributed by atoms with van der Waals surface area (Å²) < 4.78 is 0. The number of aryl methyl sites for hydroxylation is 1. The number of hydrogen-bond donors (Lipinski definition) is 1. The summed E-state index contributed by atoms with van der Waals surface area (Å²) in [6, 6.07) is 4.76. The quantitative estimate of drug-likeness (QED) is 0.905. The molecule has 1 aliphatic heterocycles. The van der Waals surface area contributed by atoms with Gasteiger partial charge in [-0.15, -0.1) is 0 Å². The van der Waals surface area contributed by atoms with Gasteiger partial charge in [-0.1, -0.05) is 13.0 Å². The number of nitrogens with zero attached hydrogens (tertiary/aromatic N) is 2. The normalized spacial score (nSPS) is 19.8. The van der Waals surface area contributed by atoms with Crippen molar-refractivity contribution in [2.75, 3.05) is 13.1 Å². The summed E-state index contributed by atoms with van der Waals surface area (Å²) in [7, 11) is 0. The maximum atomic E-state index is 10.7. The Hall–Kier alpha value is -0.930. The maximum absolute atomic E-state index is 10.7. The van der Waals surface area contributed by atoms with Crippen LogP contribution in [-0.2, 0) is 12.8 Å². The highest BCUT2D eigenvalue weighted by molar-refractivity contribution is 5.15. The summed E-state index contributed by atoms with van der Waals surface area (Å²) in [4.78, 5) is 6.90. The summed E-state index contributed by atoms with van der Waals surface area (Å²) in [5, 5.41) is 10.7. The molecule has 1 aromatic rings. The van der Waals surface area contributed by atoms with E-state index in [-0.39, 0.29) is 0 Å². The fraction of sp³-hybridized carbons (Fsp3) is 0.688. The first kappa shape index (κ1) is 14.5. The second-order valence-corrected chi connectivity index (χ2v) is 6.04. The van der Waals surface area contributed by atoms with Gasteiger partial charge in [-0.05, 0) is 44.7 Å². The number of aliphatic hydroxyl groups is 1. The molecule has 0 unspecified atom stereocenters. The summed E-state index contributed by atoms with van der Waals surface area (Å²) in [5.41, 5.74) is 1.70. The minimum Gasteiger partial charge on any atom is -0.389 e. The van der Waals surface area contributed by atoms with Gasteiger partial charge in [0.2, 0.25) is 0 Å². The van der Waals surface area contributed by atoms with Crippen LogP contribution in [0, 0.1) is 0 Å². The Labute approximate surface area is 116 Å². The van der Waals surface area contributed by atoms with Gasteiger partial charge in [0.05, 0.1) is 5.60 Å². The molecule has 106 valence electrons. The molecular weight excluding hydrogens is 236 g/mol. The van der Waals surface area contributed by atoms with Crippen molar-refractivity contribution in [1.29, 1.82) is 0 Å². The average molecular weight is 262 g/mol. The van der Waals surface area contributed by atoms with E-state index in [2.05, 4.69) is 42.8 Å². The maximum Gasteiger partial charge on any atom is 0.0727 e. The van der Waals surface area contributed by atoms with Crippen molar-refractivity contribution in [3.8, 4) is 0 Å². The van der Waals surface area contributed by atoms with Crippen molar-refractivity contribution in [3.63, 3.8) is 0 Å². The molecule has 2 heterocycles. The van der Waals surface area contributed by atoms with Crippen molar-refractivity contribution < 1.29 is 5.11 Å². The van der Waals surface area contributed by atoms with E-state index < -0.39 is 5.60 Å². The molecule has 0 atom stereocenters. The smallest absolute Gasteiger partial charge is 0.0727 e. The van der Waals surface area contributed by atoms with E-state index in [9.17, 15) is 5.11 Å². The van der Waals surface area contributed by atoms with Gasteiger partial charge in [0.15, 0.2) is 0 Å². The van der Waals surface area contributed by atoms with E-state index >= 15 is 0 Å². The van der Waals surface area contributed by atoms with Gasteiger partial charge in [-0.2, -0.15) is 0 Å². The number of aromatic nitrogens is 1. The van der Waals surface area contributed by atoms with Crippen LogP contribution in [-0.4, -0.2) is 39.7 Å². The molecule has 2 rings (SSSR count). The first-order valence-electron chi connectivity index (χ1n) is 7.42. The second-order valence-electron chi connectivity index (χ2n) is 6.04. The lowest BCUT2D eigenvalue weighted by atomic mass is 9.86. The van der Waals surface area contributed by atoms with Crippen molar-refractivity contribution in [1.82, 2.24) is 9.88 Å². The largest absolute Gasteiger partial charge is 0.389 e. The molecule has 0 aliphatic carbocycles. The lowest BCUT2D eigenvalue weighted by Crippen LogP contribution is -2.47. The van der Waals surface area contributed by atoms with E-state index in [1.54, 1.807) is 0 Å². The van der Waals surface area contributed by atoms with Gasteiger partial charge in [0.25, 0.3) is 0 Å². The fourth-order valence-corrected chi connectivity index (χ4v) is 2.74. The van der Waals surface area contributed by atoms with Gasteiger partial charge >= 0.3 is 0 Å². The zero-order chi connectivity index (χ0) is 13.9. The minimum absolute atomic E-state index is 0.563. The van der Waals surface area contributed by atoms with E-state index in [0.29, 0.717) is 12.5 Å². The van der Waals surface area contributed by atoms with Crippen LogP contribution in [0.25, 0.3) is 0 Å². The zero-order valence-corrected chi connectivity index (χ0v) is 12.4. The van der Waals surface area contributed by atoms with Crippen LogP contribution < -0.4 is 0 Å².